The quantitative estimate of drug-likeness (QED) is 0.479. The number of carbonyl (C=O) groups excluding carboxylic acids is 1. The number of nitrogens with one attached hydrogen (secondary N) is 1. The van der Waals surface area contributed by atoms with Gasteiger partial charge in [0, 0.05) is 24.6 Å². The van der Waals surface area contributed by atoms with Crippen LogP contribution in [0.4, 0.5) is 0 Å². The van der Waals surface area contributed by atoms with Crippen LogP contribution in [0.3, 0.4) is 0 Å². The molecule has 0 aliphatic rings. The second kappa shape index (κ2) is 10.0. The first-order valence-electron chi connectivity index (χ1n) is 10.4. The van der Waals surface area contributed by atoms with Crippen LogP contribution in [0.15, 0.2) is 36.4 Å². The van der Waals surface area contributed by atoms with Gasteiger partial charge in [0.1, 0.15) is 5.75 Å². The molecule has 1 N–H and O–H groups in total. The van der Waals surface area contributed by atoms with Crippen LogP contribution in [0.1, 0.15) is 37.3 Å². The Kier molecular flexibility index (Phi) is 7.38. The lowest BCUT2D eigenvalue weighted by atomic mass is 9.78. The van der Waals surface area contributed by atoms with E-state index in [1.54, 1.807) is 38.7 Å². The molecule has 1 amide bonds. The number of ether oxygens (including phenoxy) is 3. The van der Waals surface area contributed by atoms with Gasteiger partial charge in [-0.05, 0) is 31.0 Å². The predicted octanol–water partition coefficient (Wildman–Crippen LogP) is 4.99. The summed E-state index contributed by atoms with van der Waals surface area (Å²) in [6, 6.07) is 11.7. The highest BCUT2D eigenvalue weighted by Crippen LogP contribution is 2.36. The van der Waals surface area contributed by atoms with Crippen LogP contribution in [0.2, 0.25) is 0 Å². The standard InChI is InChI=1S/C24H30N2O4S/c1-6-24(7-2,14-22-26-17-10-8-9-11-21(17)31-22)23(27)25-15-16-12-19(29-4)20(30-5)13-18(16)28-3/h8-13H,6-7,14-15H2,1-5H3,(H,25,27). The molecule has 166 valence electrons. The molecule has 0 radical (unpaired) electrons. The number of rotatable bonds is 10. The van der Waals surface area contributed by atoms with Crippen molar-refractivity contribution in [2.24, 2.45) is 5.41 Å². The molecule has 0 atom stereocenters. The molecular weight excluding hydrogens is 412 g/mol. The molecule has 0 saturated carbocycles. The lowest BCUT2D eigenvalue weighted by Crippen LogP contribution is -2.41. The lowest BCUT2D eigenvalue weighted by Gasteiger charge is -2.29. The Hall–Kier alpha value is -2.80. The first-order valence-corrected chi connectivity index (χ1v) is 11.2. The van der Waals surface area contributed by atoms with E-state index in [1.165, 1.54) is 0 Å². The number of benzene rings is 2. The second-order valence-electron chi connectivity index (χ2n) is 7.44. The summed E-state index contributed by atoms with van der Waals surface area (Å²) in [5.74, 6) is 1.84. The summed E-state index contributed by atoms with van der Waals surface area (Å²) in [5, 5.41) is 4.11. The van der Waals surface area contributed by atoms with E-state index in [9.17, 15) is 4.79 Å². The van der Waals surface area contributed by atoms with Crippen LogP contribution >= 0.6 is 11.3 Å². The first kappa shape index (κ1) is 22.9. The smallest absolute Gasteiger partial charge is 0.226 e. The number of thiazole rings is 1. The minimum absolute atomic E-state index is 0.0218. The number of hydrogen-bond acceptors (Lipinski definition) is 6. The number of para-hydroxylation sites is 1. The molecule has 0 fully saturated rings. The summed E-state index contributed by atoms with van der Waals surface area (Å²) in [4.78, 5) is 18.1. The van der Waals surface area contributed by atoms with Crippen molar-refractivity contribution in [3.63, 3.8) is 0 Å². The van der Waals surface area contributed by atoms with Crippen molar-refractivity contribution < 1.29 is 19.0 Å². The molecule has 3 rings (SSSR count). The monoisotopic (exact) mass is 442 g/mol. The van der Waals surface area contributed by atoms with E-state index >= 15 is 0 Å². The van der Waals surface area contributed by atoms with Gasteiger partial charge in [-0.3, -0.25) is 4.79 Å². The third kappa shape index (κ3) is 4.77. The summed E-state index contributed by atoms with van der Waals surface area (Å²) in [7, 11) is 4.77. The number of methoxy groups -OCH3 is 3. The number of fused-ring (bicyclic) bond motifs is 1. The topological polar surface area (TPSA) is 69.7 Å². The molecule has 31 heavy (non-hydrogen) atoms. The lowest BCUT2D eigenvalue weighted by molar-refractivity contribution is -0.131. The van der Waals surface area contributed by atoms with Gasteiger partial charge in [0.2, 0.25) is 5.91 Å². The fraction of sp³-hybridized carbons (Fsp3) is 0.417. The van der Waals surface area contributed by atoms with Crippen LogP contribution in [-0.2, 0) is 17.8 Å². The number of hydrogen-bond donors (Lipinski definition) is 1. The average molecular weight is 443 g/mol. The summed E-state index contributed by atoms with van der Waals surface area (Å²) in [5.41, 5.74) is 1.30. The SMILES string of the molecule is CCC(CC)(Cc1nc2ccccc2s1)C(=O)NCc1cc(OC)c(OC)cc1OC. The van der Waals surface area contributed by atoms with E-state index in [0.29, 0.717) is 30.2 Å². The minimum atomic E-state index is -0.516. The van der Waals surface area contributed by atoms with E-state index < -0.39 is 5.41 Å². The highest BCUT2D eigenvalue weighted by atomic mass is 32.1. The Morgan fingerprint density at radius 1 is 1.00 bits per heavy atom. The van der Waals surface area contributed by atoms with Gasteiger partial charge in [0.05, 0.1) is 42.0 Å². The summed E-state index contributed by atoms with van der Waals surface area (Å²) in [6.45, 7) is 4.46. The van der Waals surface area contributed by atoms with Crippen molar-refractivity contribution in [2.75, 3.05) is 21.3 Å². The molecule has 1 aromatic heterocycles. The predicted molar refractivity (Wildman–Crippen MR) is 124 cm³/mol. The molecule has 2 aromatic carbocycles. The van der Waals surface area contributed by atoms with Crippen molar-refractivity contribution in [1.29, 1.82) is 0 Å². The molecule has 0 aliphatic heterocycles. The van der Waals surface area contributed by atoms with Gasteiger partial charge in [-0.25, -0.2) is 4.98 Å². The zero-order valence-corrected chi connectivity index (χ0v) is 19.6. The normalized spacial score (nSPS) is 11.4. The van der Waals surface area contributed by atoms with Crippen LogP contribution in [0, 0.1) is 5.41 Å². The zero-order chi connectivity index (χ0) is 22.4. The molecule has 0 spiro atoms. The largest absolute Gasteiger partial charge is 0.496 e. The maximum atomic E-state index is 13.4. The van der Waals surface area contributed by atoms with Crippen molar-refractivity contribution >= 4 is 27.5 Å². The van der Waals surface area contributed by atoms with E-state index in [2.05, 4.69) is 25.2 Å². The maximum absolute atomic E-state index is 13.4. The average Bonchev–Trinajstić information content (AvgIpc) is 3.22. The van der Waals surface area contributed by atoms with Crippen LogP contribution in [-0.4, -0.2) is 32.2 Å². The molecule has 1 heterocycles. The molecule has 0 unspecified atom stereocenters. The highest BCUT2D eigenvalue weighted by Gasteiger charge is 2.36. The fourth-order valence-electron chi connectivity index (χ4n) is 3.78. The van der Waals surface area contributed by atoms with Crippen LogP contribution < -0.4 is 19.5 Å². The molecule has 6 nitrogen and oxygen atoms in total. The number of aromatic nitrogens is 1. The molecule has 0 saturated heterocycles. The van der Waals surface area contributed by atoms with Gasteiger partial charge in [-0.1, -0.05) is 26.0 Å². The zero-order valence-electron chi connectivity index (χ0n) is 18.8. The van der Waals surface area contributed by atoms with Gasteiger partial charge in [-0.15, -0.1) is 11.3 Å². The molecule has 0 aliphatic carbocycles. The van der Waals surface area contributed by atoms with Crippen molar-refractivity contribution in [1.82, 2.24) is 10.3 Å². The van der Waals surface area contributed by atoms with Crippen molar-refractivity contribution in [3.8, 4) is 17.2 Å². The Morgan fingerprint density at radius 3 is 2.26 bits per heavy atom. The van der Waals surface area contributed by atoms with Gasteiger partial charge in [0.25, 0.3) is 0 Å². The molecule has 3 aromatic rings. The first-order chi connectivity index (χ1) is 15.0. The van der Waals surface area contributed by atoms with E-state index in [1.807, 2.05) is 24.3 Å². The second-order valence-corrected chi connectivity index (χ2v) is 8.56. The highest BCUT2D eigenvalue weighted by molar-refractivity contribution is 7.18. The number of carbonyl (C=O) groups is 1. The molecule has 7 heteroatoms. The van der Waals surface area contributed by atoms with Crippen molar-refractivity contribution in [3.05, 3.63) is 47.0 Å². The third-order valence-electron chi connectivity index (χ3n) is 5.89. The summed E-state index contributed by atoms with van der Waals surface area (Å²) in [6.07, 6.45) is 2.08. The van der Waals surface area contributed by atoms with E-state index in [4.69, 9.17) is 19.2 Å². The van der Waals surface area contributed by atoms with Crippen LogP contribution in [0.5, 0.6) is 17.2 Å². The maximum Gasteiger partial charge on any atom is 0.226 e. The van der Waals surface area contributed by atoms with Crippen molar-refractivity contribution in [2.45, 2.75) is 39.7 Å². The molecular formula is C24H30N2O4S. The number of nitrogens with zero attached hydrogens (tertiary/aromatic N) is 1. The van der Waals surface area contributed by atoms with Crippen LogP contribution in [0.25, 0.3) is 10.2 Å². The fourth-order valence-corrected chi connectivity index (χ4v) is 4.89. The number of amides is 1. The van der Waals surface area contributed by atoms with Gasteiger partial charge < -0.3 is 19.5 Å². The van der Waals surface area contributed by atoms with Gasteiger partial charge in [0.15, 0.2) is 11.5 Å². The van der Waals surface area contributed by atoms with Gasteiger partial charge >= 0.3 is 0 Å². The van der Waals surface area contributed by atoms with E-state index in [-0.39, 0.29) is 5.91 Å². The summed E-state index contributed by atoms with van der Waals surface area (Å²) >= 11 is 1.66. The Bertz CT molecular complexity index is 1010. The third-order valence-corrected chi connectivity index (χ3v) is 6.93. The minimum Gasteiger partial charge on any atom is -0.496 e. The van der Waals surface area contributed by atoms with E-state index in [0.717, 1.165) is 33.6 Å². The summed E-state index contributed by atoms with van der Waals surface area (Å²) < 4.78 is 17.4. The Labute approximate surface area is 187 Å². The van der Waals surface area contributed by atoms with Gasteiger partial charge in [-0.2, -0.15) is 0 Å². The Balaban J connectivity index is 1.80. The Morgan fingerprint density at radius 2 is 1.65 bits per heavy atom. The molecule has 0 bridgehead atoms.